The van der Waals surface area contributed by atoms with Crippen molar-refractivity contribution in [3.63, 3.8) is 0 Å². The van der Waals surface area contributed by atoms with Crippen molar-refractivity contribution in [1.29, 1.82) is 0 Å². The van der Waals surface area contributed by atoms with E-state index in [2.05, 4.69) is 17.1 Å². The van der Waals surface area contributed by atoms with E-state index in [0.717, 1.165) is 30.8 Å². The van der Waals surface area contributed by atoms with Gasteiger partial charge in [-0.3, -0.25) is 0 Å². The van der Waals surface area contributed by atoms with E-state index in [1.807, 2.05) is 13.1 Å². The van der Waals surface area contributed by atoms with Crippen LogP contribution in [0.3, 0.4) is 0 Å². The Morgan fingerprint density at radius 3 is 2.80 bits per heavy atom. The van der Waals surface area contributed by atoms with E-state index in [9.17, 15) is 4.39 Å². The highest BCUT2D eigenvalue weighted by Gasteiger charge is 2.30. The molecule has 3 rings (SSSR count). The minimum Gasteiger partial charge on any atom is -0.376 e. The molecule has 1 saturated carbocycles. The molecule has 110 valence electrons. The topological polar surface area (TPSA) is 24.5 Å². The second-order valence-electron chi connectivity index (χ2n) is 5.95. The van der Waals surface area contributed by atoms with Crippen LogP contribution in [0.25, 0.3) is 0 Å². The van der Waals surface area contributed by atoms with Gasteiger partial charge < -0.3 is 15.0 Å². The molecule has 4 heteroatoms. The maximum Gasteiger partial charge on any atom is 0.146 e. The third-order valence-electron chi connectivity index (χ3n) is 4.42. The van der Waals surface area contributed by atoms with Crippen LogP contribution < -0.4 is 10.2 Å². The number of rotatable bonds is 5. The van der Waals surface area contributed by atoms with E-state index in [-0.39, 0.29) is 18.0 Å². The highest BCUT2D eigenvalue weighted by atomic mass is 19.1. The smallest absolute Gasteiger partial charge is 0.146 e. The summed E-state index contributed by atoms with van der Waals surface area (Å²) < 4.78 is 19.9. The molecule has 0 radical (unpaired) electrons. The molecule has 3 nitrogen and oxygen atoms in total. The van der Waals surface area contributed by atoms with Gasteiger partial charge in [0.25, 0.3) is 0 Å². The molecular formula is C16H23FN2O. The fourth-order valence-electron chi connectivity index (χ4n) is 3.03. The Morgan fingerprint density at radius 1 is 1.35 bits per heavy atom. The summed E-state index contributed by atoms with van der Waals surface area (Å²) in [4.78, 5) is 2.07. The molecule has 1 aliphatic heterocycles. The molecule has 1 aromatic rings. The minimum absolute atomic E-state index is 0.137. The molecule has 0 bridgehead atoms. The highest BCUT2D eigenvalue weighted by molar-refractivity contribution is 5.55. The van der Waals surface area contributed by atoms with E-state index in [0.29, 0.717) is 6.04 Å². The zero-order valence-corrected chi connectivity index (χ0v) is 12.2. The Balaban J connectivity index is 1.81. The second kappa shape index (κ2) is 5.70. The van der Waals surface area contributed by atoms with E-state index in [1.54, 1.807) is 12.1 Å². The van der Waals surface area contributed by atoms with Crippen LogP contribution in [-0.2, 0) is 11.3 Å². The summed E-state index contributed by atoms with van der Waals surface area (Å²) in [6.07, 6.45) is 3.60. The zero-order chi connectivity index (χ0) is 14.1. The largest absolute Gasteiger partial charge is 0.376 e. The van der Waals surface area contributed by atoms with Gasteiger partial charge in [-0.25, -0.2) is 4.39 Å². The average molecular weight is 278 g/mol. The van der Waals surface area contributed by atoms with Gasteiger partial charge in [0.05, 0.1) is 17.8 Å². The third kappa shape index (κ3) is 2.81. The Morgan fingerprint density at radius 2 is 2.15 bits per heavy atom. The molecule has 2 aliphatic rings. The lowest BCUT2D eigenvalue weighted by Crippen LogP contribution is -2.38. The predicted octanol–water partition coefficient (Wildman–Crippen LogP) is 2.69. The number of nitrogens with one attached hydrogen (secondary N) is 1. The lowest BCUT2D eigenvalue weighted by atomic mass is 10.1. The predicted molar refractivity (Wildman–Crippen MR) is 78.5 cm³/mol. The van der Waals surface area contributed by atoms with Gasteiger partial charge >= 0.3 is 0 Å². The molecule has 2 fully saturated rings. The third-order valence-corrected chi connectivity index (χ3v) is 4.42. The van der Waals surface area contributed by atoms with Crippen molar-refractivity contribution in [2.45, 2.75) is 50.9 Å². The summed E-state index contributed by atoms with van der Waals surface area (Å²) in [6, 6.07) is 6.25. The van der Waals surface area contributed by atoms with Gasteiger partial charge in [0, 0.05) is 26.2 Å². The van der Waals surface area contributed by atoms with Crippen LogP contribution >= 0.6 is 0 Å². The van der Waals surface area contributed by atoms with E-state index in [4.69, 9.17) is 4.74 Å². The van der Waals surface area contributed by atoms with Crippen LogP contribution in [0.5, 0.6) is 0 Å². The fraction of sp³-hybridized carbons (Fsp3) is 0.625. The number of hydrogen-bond acceptors (Lipinski definition) is 3. The lowest BCUT2D eigenvalue weighted by Gasteiger charge is -2.31. The molecule has 2 atom stereocenters. The Hall–Kier alpha value is -1.13. The maximum atomic E-state index is 14.3. The van der Waals surface area contributed by atoms with Gasteiger partial charge in [0.1, 0.15) is 5.82 Å². The minimum atomic E-state index is -0.137. The number of likely N-dealkylation sites (N-methyl/N-ethyl adjacent to an activating group) is 1. The molecule has 2 unspecified atom stereocenters. The number of anilines is 1. The standard InChI is InChI=1S/C16H23FN2O/c1-11-15(8-9-20-11)19(2)16-12(4-3-5-14(16)17)10-18-13-6-7-13/h3-5,11,13,15,18H,6-10H2,1-2H3. The van der Waals surface area contributed by atoms with Crippen LogP contribution in [-0.4, -0.2) is 31.8 Å². The first-order chi connectivity index (χ1) is 9.66. The summed E-state index contributed by atoms with van der Waals surface area (Å²) in [5, 5.41) is 3.47. The first-order valence-electron chi connectivity index (χ1n) is 7.52. The summed E-state index contributed by atoms with van der Waals surface area (Å²) in [6.45, 7) is 3.57. The number of benzene rings is 1. The summed E-state index contributed by atoms with van der Waals surface area (Å²) >= 11 is 0. The van der Waals surface area contributed by atoms with E-state index >= 15 is 0 Å². The van der Waals surface area contributed by atoms with Crippen molar-refractivity contribution in [3.8, 4) is 0 Å². The van der Waals surface area contributed by atoms with Crippen LogP contribution in [0, 0.1) is 5.82 Å². The molecule has 20 heavy (non-hydrogen) atoms. The van der Waals surface area contributed by atoms with Crippen molar-refractivity contribution < 1.29 is 9.13 Å². The highest BCUT2D eigenvalue weighted by Crippen LogP contribution is 2.30. The number of ether oxygens (including phenoxy) is 1. The number of para-hydroxylation sites is 1. The number of nitrogens with zero attached hydrogens (tertiary/aromatic N) is 1. The van der Waals surface area contributed by atoms with Crippen molar-refractivity contribution in [2.24, 2.45) is 0 Å². The van der Waals surface area contributed by atoms with Crippen LogP contribution in [0.2, 0.25) is 0 Å². The molecule has 1 N–H and O–H groups in total. The summed E-state index contributed by atoms with van der Waals surface area (Å²) in [5.41, 5.74) is 1.77. The van der Waals surface area contributed by atoms with Gasteiger partial charge in [-0.1, -0.05) is 12.1 Å². The van der Waals surface area contributed by atoms with Crippen LogP contribution in [0.4, 0.5) is 10.1 Å². The van der Waals surface area contributed by atoms with Crippen molar-refractivity contribution >= 4 is 5.69 Å². The van der Waals surface area contributed by atoms with Gasteiger partial charge in [-0.2, -0.15) is 0 Å². The quantitative estimate of drug-likeness (QED) is 0.896. The lowest BCUT2D eigenvalue weighted by molar-refractivity contribution is 0.118. The van der Waals surface area contributed by atoms with E-state index < -0.39 is 0 Å². The normalized spacial score (nSPS) is 25.9. The second-order valence-corrected chi connectivity index (χ2v) is 5.95. The van der Waals surface area contributed by atoms with Crippen molar-refractivity contribution in [1.82, 2.24) is 5.32 Å². The van der Waals surface area contributed by atoms with Gasteiger partial charge in [-0.15, -0.1) is 0 Å². The van der Waals surface area contributed by atoms with Crippen molar-refractivity contribution in [2.75, 3.05) is 18.6 Å². The Kier molecular flexibility index (Phi) is 3.94. The van der Waals surface area contributed by atoms with Gasteiger partial charge in [0.2, 0.25) is 0 Å². The summed E-state index contributed by atoms with van der Waals surface area (Å²) in [5.74, 6) is -0.137. The van der Waals surface area contributed by atoms with Crippen LogP contribution in [0.1, 0.15) is 31.7 Å². The van der Waals surface area contributed by atoms with Gasteiger partial charge in [0.15, 0.2) is 0 Å². The monoisotopic (exact) mass is 278 g/mol. The SMILES string of the molecule is CC1OCCC1N(C)c1c(F)cccc1CNC1CC1. The maximum absolute atomic E-state index is 14.3. The first-order valence-corrected chi connectivity index (χ1v) is 7.52. The molecular weight excluding hydrogens is 255 g/mol. The van der Waals surface area contributed by atoms with Crippen LogP contribution in [0.15, 0.2) is 18.2 Å². The molecule has 0 spiro atoms. The molecule has 1 aliphatic carbocycles. The molecule has 0 amide bonds. The van der Waals surface area contributed by atoms with Crippen molar-refractivity contribution in [3.05, 3.63) is 29.6 Å². The van der Waals surface area contributed by atoms with E-state index in [1.165, 1.54) is 12.8 Å². The average Bonchev–Trinajstić information content (AvgIpc) is 3.16. The number of hydrogen-bond donors (Lipinski definition) is 1. The summed E-state index contributed by atoms with van der Waals surface area (Å²) in [7, 11) is 1.98. The molecule has 1 heterocycles. The zero-order valence-electron chi connectivity index (χ0n) is 12.2. The number of halogens is 1. The molecule has 1 saturated heterocycles. The molecule has 1 aromatic carbocycles. The first kappa shape index (κ1) is 13.8. The molecule has 0 aromatic heterocycles. The van der Waals surface area contributed by atoms with Gasteiger partial charge in [-0.05, 0) is 37.8 Å². The Labute approximate surface area is 120 Å². The Bertz CT molecular complexity index is 476. The fourth-order valence-corrected chi connectivity index (χ4v) is 3.03.